The molecule has 0 aromatic rings. The van der Waals surface area contributed by atoms with E-state index in [1.54, 1.807) is 13.0 Å². The number of carbonyl (C=O) groups is 1. The second kappa shape index (κ2) is 6.59. The summed E-state index contributed by atoms with van der Waals surface area (Å²) in [6.07, 6.45) is 9.59. The lowest BCUT2D eigenvalue weighted by atomic mass is 10.2. The van der Waals surface area contributed by atoms with Crippen molar-refractivity contribution >= 4 is 6.29 Å². The summed E-state index contributed by atoms with van der Waals surface area (Å²) < 4.78 is 0. The van der Waals surface area contributed by atoms with E-state index in [9.17, 15) is 4.79 Å². The highest BCUT2D eigenvalue weighted by atomic mass is 16.1. The van der Waals surface area contributed by atoms with Gasteiger partial charge in [-0.1, -0.05) is 36.8 Å². The first kappa shape index (κ1) is 10.9. The van der Waals surface area contributed by atoms with Crippen molar-refractivity contribution < 1.29 is 4.79 Å². The minimum atomic E-state index is 0.744. The van der Waals surface area contributed by atoms with Gasteiger partial charge in [0, 0.05) is 0 Å². The number of hydrogen-bond acceptors (Lipinski definition) is 1. The molecule has 0 aliphatic rings. The Morgan fingerprint density at radius 3 is 2.25 bits per heavy atom. The zero-order valence-electron chi connectivity index (χ0n) is 8.00. The molecule has 0 saturated heterocycles. The van der Waals surface area contributed by atoms with Crippen LogP contribution in [0.4, 0.5) is 0 Å². The average molecular weight is 164 g/mol. The van der Waals surface area contributed by atoms with E-state index in [0.29, 0.717) is 0 Å². The smallest absolute Gasteiger partial charge is 0.145 e. The minimum Gasteiger partial charge on any atom is -0.298 e. The molecule has 1 nitrogen and oxygen atoms in total. The summed E-state index contributed by atoms with van der Waals surface area (Å²) in [5, 5.41) is 0. The highest BCUT2D eigenvalue weighted by Gasteiger charge is 1.79. The van der Waals surface area contributed by atoms with E-state index in [2.05, 4.69) is 19.9 Å². The molecule has 12 heavy (non-hydrogen) atoms. The first-order chi connectivity index (χ1) is 5.70. The summed E-state index contributed by atoms with van der Waals surface area (Å²) in [5.41, 5.74) is 2.08. The van der Waals surface area contributed by atoms with Crippen LogP contribution in [-0.2, 0) is 4.79 Å². The third-order valence-electron chi connectivity index (χ3n) is 1.59. The lowest BCUT2D eigenvalue weighted by molar-refractivity contribution is -0.104. The van der Waals surface area contributed by atoms with Crippen LogP contribution in [0.15, 0.2) is 35.5 Å². The molecule has 0 bridgehead atoms. The monoisotopic (exact) mass is 164 g/mol. The molecule has 66 valence electrons. The van der Waals surface area contributed by atoms with Crippen LogP contribution in [0.2, 0.25) is 0 Å². The molecular weight excluding hydrogens is 148 g/mol. The van der Waals surface area contributed by atoms with Crippen molar-refractivity contribution in [3.63, 3.8) is 0 Å². The normalized spacial score (nSPS) is 13.9. The fourth-order valence-corrected chi connectivity index (χ4v) is 0.584. The zero-order valence-corrected chi connectivity index (χ0v) is 8.00. The second-order valence-electron chi connectivity index (χ2n) is 2.78. The first-order valence-corrected chi connectivity index (χ1v) is 4.16. The van der Waals surface area contributed by atoms with E-state index in [1.165, 1.54) is 5.57 Å². The third kappa shape index (κ3) is 5.66. The van der Waals surface area contributed by atoms with Crippen LogP contribution in [0.25, 0.3) is 0 Å². The van der Waals surface area contributed by atoms with Gasteiger partial charge in [0.05, 0.1) is 0 Å². The number of aldehydes is 1. The van der Waals surface area contributed by atoms with Crippen LogP contribution in [0.5, 0.6) is 0 Å². The maximum atomic E-state index is 10.2. The third-order valence-corrected chi connectivity index (χ3v) is 1.59. The quantitative estimate of drug-likeness (QED) is 0.354. The van der Waals surface area contributed by atoms with E-state index in [4.69, 9.17) is 0 Å². The molecule has 0 heterocycles. The molecule has 0 aliphatic carbocycles. The van der Waals surface area contributed by atoms with E-state index in [-0.39, 0.29) is 0 Å². The van der Waals surface area contributed by atoms with Crippen molar-refractivity contribution in [2.45, 2.75) is 27.2 Å². The van der Waals surface area contributed by atoms with E-state index < -0.39 is 0 Å². The van der Waals surface area contributed by atoms with Crippen LogP contribution in [0.3, 0.4) is 0 Å². The number of hydrogen-bond donors (Lipinski definition) is 0. The summed E-state index contributed by atoms with van der Waals surface area (Å²) in [7, 11) is 0. The Labute approximate surface area is 74.5 Å². The molecule has 0 rings (SSSR count). The van der Waals surface area contributed by atoms with Crippen LogP contribution in [-0.4, -0.2) is 6.29 Å². The molecule has 0 radical (unpaired) electrons. The van der Waals surface area contributed by atoms with Gasteiger partial charge in [-0.3, -0.25) is 4.79 Å². The van der Waals surface area contributed by atoms with Crippen molar-refractivity contribution in [2.24, 2.45) is 0 Å². The molecule has 0 amide bonds. The van der Waals surface area contributed by atoms with Crippen LogP contribution < -0.4 is 0 Å². The summed E-state index contributed by atoms with van der Waals surface area (Å²) in [5.74, 6) is 0. The molecule has 0 aliphatic heterocycles. The van der Waals surface area contributed by atoms with Gasteiger partial charge in [-0.25, -0.2) is 0 Å². The minimum absolute atomic E-state index is 0.744. The molecule has 1 heteroatoms. The Morgan fingerprint density at radius 1 is 1.17 bits per heavy atom. The molecule has 0 saturated carbocycles. The van der Waals surface area contributed by atoms with Crippen LogP contribution in [0.1, 0.15) is 27.2 Å². The Bertz CT molecular complexity index is 219. The number of allylic oxidation sites excluding steroid dienone is 6. The highest BCUT2D eigenvalue weighted by molar-refractivity contribution is 5.72. The van der Waals surface area contributed by atoms with Crippen molar-refractivity contribution in [1.29, 1.82) is 0 Å². The van der Waals surface area contributed by atoms with Crippen molar-refractivity contribution in [1.82, 2.24) is 0 Å². The van der Waals surface area contributed by atoms with Crippen molar-refractivity contribution in [3.8, 4) is 0 Å². The molecule has 0 spiro atoms. The molecule has 0 N–H and O–H groups in total. The standard InChI is InChI=1S/C11H16O/c1-4-10(2)7-5-6-8-11(3)9-12/h5-9H,4H2,1-3H3. The van der Waals surface area contributed by atoms with Gasteiger partial charge in [0.15, 0.2) is 0 Å². The SMILES string of the molecule is CCC(C)=CC=CC=C(C)C=O. The zero-order chi connectivity index (χ0) is 9.40. The van der Waals surface area contributed by atoms with E-state index in [0.717, 1.165) is 18.3 Å². The number of carbonyl (C=O) groups excluding carboxylic acids is 1. The van der Waals surface area contributed by atoms with Crippen molar-refractivity contribution in [2.75, 3.05) is 0 Å². The van der Waals surface area contributed by atoms with Gasteiger partial charge >= 0.3 is 0 Å². The average Bonchev–Trinajstić information content (AvgIpc) is 2.11. The maximum absolute atomic E-state index is 10.2. The lowest BCUT2D eigenvalue weighted by Gasteiger charge is -1.88. The second-order valence-corrected chi connectivity index (χ2v) is 2.78. The van der Waals surface area contributed by atoms with Gasteiger partial charge in [-0.05, 0) is 25.8 Å². The maximum Gasteiger partial charge on any atom is 0.145 e. The van der Waals surface area contributed by atoms with Crippen molar-refractivity contribution in [3.05, 3.63) is 35.5 Å². The fraction of sp³-hybridized carbons (Fsp3) is 0.364. The van der Waals surface area contributed by atoms with Gasteiger partial charge in [-0.15, -0.1) is 0 Å². The van der Waals surface area contributed by atoms with Gasteiger partial charge < -0.3 is 0 Å². The molecule has 0 aromatic carbocycles. The largest absolute Gasteiger partial charge is 0.298 e. The first-order valence-electron chi connectivity index (χ1n) is 4.16. The lowest BCUT2D eigenvalue weighted by Crippen LogP contribution is -1.72. The van der Waals surface area contributed by atoms with Gasteiger partial charge in [0.1, 0.15) is 6.29 Å². The molecule has 0 atom stereocenters. The Morgan fingerprint density at radius 2 is 1.75 bits per heavy atom. The molecule has 0 aromatic heterocycles. The van der Waals surface area contributed by atoms with Gasteiger partial charge in [0.2, 0.25) is 0 Å². The summed E-state index contributed by atoms with van der Waals surface area (Å²) in [4.78, 5) is 10.2. The van der Waals surface area contributed by atoms with Crippen LogP contribution in [0, 0.1) is 0 Å². The Kier molecular flexibility index (Phi) is 5.98. The van der Waals surface area contributed by atoms with Gasteiger partial charge in [0.25, 0.3) is 0 Å². The molecule has 0 fully saturated rings. The van der Waals surface area contributed by atoms with Gasteiger partial charge in [-0.2, -0.15) is 0 Å². The topological polar surface area (TPSA) is 17.1 Å². The number of rotatable bonds is 4. The summed E-state index contributed by atoms with van der Waals surface area (Å²) in [6.45, 7) is 5.99. The molecular formula is C11H16O. The fourth-order valence-electron chi connectivity index (χ4n) is 0.584. The summed E-state index contributed by atoms with van der Waals surface area (Å²) in [6, 6.07) is 0. The Hall–Kier alpha value is -1.11. The summed E-state index contributed by atoms with van der Waals surface area (Å²) >= 11 is 0. The highest BCUT2D eigenvalue weighted by Crippen LogP contribution is 1.97. The van der Waals surface area contributed by atoms with E-state index in [1.807, 2.05) is 12.2 Å². The molecule has 0 unspecified atom stereocenters. The predicted octanol–water partition coefficient (Wildman–Crippen LogP) is 3.04. The van der Waals surface area contributed by atoms with Crippen LogP contribution >= 0.6 is 0 Å². The predicted molar refractivity (Wildman–Crippen MR) is 53.0 cm³/mol. The van der Waals surface area contributed by atoms with E-state index >= 15 is 0 Å². The Balaban J connectivity index is 4.01.